The van der Waals surface area contributed by atoms with Crippen LogP contribution in [0.25, 0.3) is 0 Å². The first-order chi connectivity index (χ1) is 7.63. The zero-order valence-corrected chi connectivity index (χ0v) is 11.4. The van der Waals surface area contributed by atoms with Crippen molar-refractivity contribution >= 4 is 18.5 Å². The molecule has 0 atom stereocenters. The Labute approximate surface area is 105 Å². The molecule has 1 rings (SSSR count). The van der Waals surface area contributed by atoms with Crippen LogP contribution in [0.1, 0.15) is 26.7 Å². The summed E-state index contributed by atoms with van der Waals surface area (Å²) in [6.07, 6.45) is 1.83. The second-order valence-corrected chi connectivity index (χ2v) is 5.34. The average molecular weight is 244 g/mol. The predicted octanol–water partition coefficient (Wildman–Crippen LogP) is 1.50. The van der Waals surface area contributed by atoms with E-state index in [0.29, 0.717) is 18.2 Å². The Morgan fingerprint density at radius 2 is 1.88 bits per heavy atom. The third kappa shape index (κ3) is 4.74. The van der Waals surface area contributed by atoms with Crippen LogP contribution >= 0.6 is 12.6 Å². The van der Waals surface area contributed by atoms with Crippen LogP contribution in [-0.2, 0) is 4.79 Å². The van der Waals surface area contributed by atoms with E-state index in [1.165, 1.54) is 0 Å². The smallest absolute Gasteiger partial charge is 0.222 e. The van der Waals surface area contributed by atoms with Gasteiger partial charge in [-0.05, 0) is 24.6 Å². The molecule has 1 heterocycles. The second kappa shape index (κ2) is 7.17. The number of rotatable bonds is 5. The van der Waals surface area contributed by atoms with Crippen molar-refractivity contribution in [3.8, 4) is 0 Å². The van der Waals surface area contributed by atoms with Crippen molar-refractivity contribution in [3.63, 3.8) is 0 Å². The van der Waals surface area contributed by atoms with Crippen LogP contribution in [0.3, 0.4) is 0 Å². The van der Waals surface area contributed by atoms with Gasteiger partial charge in [0, 0.05) is 32.6 Å². The van der Waals surface area contributed by atoms with Gasteiger partial charge >= 0.3 is 0 Å². The van der Waals surface area contributed by atoms with Crippen molar-refractivity contribution in [3.05, 3.63) is 0 Å². The summed E-state index contributed by atoms with van der Waals surface area (Å²) >= 11 is 4.22. The third-order valence-electron chi connectivity index (χ3n) is 2.94. The van der Waals surface area contributed by atoms with Gasteiger partial charge in [0.05, 0.1) is 0 Å². The summed E-state index contributed by atoms with van der Waals surface area (Å²) in [5, 5.41) is 0. The molecular weight excluding hydrogens is 220 g/mol. The van der Waals surface area contributed by atoms with E-state index < -0.39 is 0 Å². The molecule has 1 amide bonds. The van der Waals surface area contributed by atoms with Gasteiger partial charge in [0.25, 0.3) is 0 Å². The van der Waals surface area contributed by atoms with Gasteiger partial charge in [-0.15, -0.1) is 0 Å². The molecule has 1 fully saturated rings. The highest BCUT2D eigenvalue weighted by Crippen LogP contribution is 2.08. The Bertz CT molecular complexity index is 213. The molecule has 94 valence electrons. The van der Waals surface area contributed by atoms with Crippen LogP contribution in [0.5, 0.6) is 0 Å². The van der Waals surface area contributed by atoms with Gasteiger partial charge in [0.15, 0.2) is 0 Å². The molecule has 0 radical (unpaired) electrons. The van der Waals surface area contributed by atoms with Gasteiger partial charge in [-0.25, -0.2) is 0 Å². The van der Waals surface area contributed by atoms with Gasteiger partial charge < -0.3 is 4.90 Å². The summed E-state index contributed by atoms with van der Waals surface area (Å²) in [6, 6.07) is 0. The van der Waals surface area contributed by atoms with E-state index in [0.717, 1.165) is 44.9 Å². The Kier molecular flexibility index (Phi) is 6.21. The molecule has 0 aliphatic carbocycles. The number of carbonyl (C=O) groups excluding carboxylic acids is 1. The van der Waals surface area contributed by atoms with Crippen molar-refractivity contribution in [1.82, 2.24) is 9.80 Å². The summed E-state index contributed by atoms with van der Waals surface area (Å²) in [4.78, 5) is 16.3. The molecule has 1 saturated heterocycles. The van der Waals surface area contributed by atoms with Crippen molar-refractivity contribution in [2.75, 3.05) is 38.5 Å². The molecule has 0 unspecified atom stereocenters. The van der Waals surface area contributed by atoms with Crippen molar-refractivity contribution in [2.45, 2.75) is 26.7 Å². The lowest BCUT2D eigenvalue weighted by molar-refractivity contribution is -0.133. The molecule has 1 aliphatic rings. The maximum absolute atomic E-state index is 11.8. The van der Waals surface area contributed by atoms with Crippen LogP contribution in [0.4, 0.5) is 0 Å². The molecule has 0 N–H and O–H groups in total. The number of hydrogen-bond donors (Lipinski definition) is 1. The average Bonchev–Trinajstić information content (AvgIpc) is 2.26. The van der Waals surface area contributed by atoms with Crippen LogP contribution < -0.4 is 0 Å². The quantitative estimate of drug-likeness (QED) is 0.741. The van der Waals surface area contributed by atoms with Crippen molar-refractivity contribution < 1.29 is 4.79 Å². The molecule has 0 aromatic carbocycles. The molecule has 4 heteroatoms. The largest absolute Gasteiger partial charge is 0.340 e. The minimum atomic E-state index is 0.323. The normalized spacial score (nSPS) is 18.1. The second-order valence-electron chi connectivity index (χ2n) is 4.90. The molecule has 3 nitrogen and oxygen atoms in total. The first-order valence-electron chi connectivity index (χ1n) is 6.24. The van der Waals surface area contributed by atoms with E-state index in [9.17, 15) is 4.79 Å². The predicted molar refractivity (Wildman–Crippen MR) is 70.9 cm³/mol. The molecule has 0 saturated carbocycles. The Balaban J connectivity index is 2.23. The van der Waals surface area contributed by atoms with E-state index in [4.69, 9.17) is 0 Å². The third-order valence-corrected chi connectivity index (χ3v) is 3.26. The monoisotopic (exact) mass is 244 g/mol. The Morgan fingerprint density at radius 1 is 1.25 bits per heavy atom. The van der Waals surface area contributed by atoms with Gasteiger partial charge in [-0.3, -0.25) is 9.69 Å². The van der Waals surface area contributed by atoms with E-state index in [2.05, 4.69) is 31.4 Å². The fourth-order valence-corrected chi connectivity index (χ4v) is 2.13. The highest BCUT2D eigenvalue weighted by Gasteiger charge is 2.20. The van der Waals surface area contributed by atoms with Crippen LogP contribution in [0.2, 0.25) is 0 Å². The first kappa shape index (κ1) is 13.8. The molecule has 0 spiro atoms. The lowest BCUT2D eigenvalue weighted by Gasteiger charge is -2.35. The number of piperazine rings is 1. The number of carbonyl (C=O) groups is 1. The Morgan fingerprint density at radius 3 is 2.38 bits per heavy atom. The maximum Gasteiger partial charge on any atom is 0.222 e. The van der Waals surface area contributed by atoms with Gasteiger partial charge in [0.2, 0.25) is 5.91 Å². The topological polar surface area (TPSA) is 23.6 Å². The standard InChI is InChI=1S/C12H24N2OS/c1-11(2)10-12(15)14-7-5-13(6-8-14)4-3-9-16/h11,16H,3-10H2,1-2H3. The first-order valence-corrected chi connectivity index (χ1v) is 6.87. The van der Waals surface area contributed by atoms with E-state index in [1.54, 1.807) is 0 Å². The van der Waals surface area contributed by atoms with Crippen LogP contribution in [0, 0.1) is 5.92 Å². The fourth-order valence-electron chi connectivity index (χ4n) is 1.99. The van der Waals surface area contributed by atoms with Crippen LogP contribution in [-0.4, -0.2) is 54.2 Å². The van der Waals surface area contributed by atoms with Crippen LogP contribution in [0.15, 0.2) is 0 Å². The number of thiol groups is 1. The highest BCUT2D eigenvalue weighted by molar-refractivity contribution is 7.80. The molecule has 0 aromatic heterocycles. The zero-order valence-electron chi connectivity index (χ0n) is 10.5. The summed E-state index contributed by atoms with van der Waals surface area (Å²) in [7, 11) is 0. The Hall–Kier alpha value is -0.220. The maximum atomic E-state index is 11.8. The summed E-state index contributed by atoms with van der Waals surface area (Å²) in [5.74, 6) is 1.74. The number of hydrogen-bond acceptors (Lipinski definition) is 3. The van der Waals surface area contributed by atoms with Gasteiger partial charge in [0.1, 0.15) is 0 Å². The van der Waals surface area contributed by atoms with E-state index in [-0.39, 0.29) is 0 Å². The van der Waals surface area contributed by atoms with Crippen molar-refractivity contribution in [1.29, 1.82) is 0 Å². The number of amides is 1. The molecule has 16 heavy (non-hydrogen) atoms. The molecule has 1 aliphatic heterocycles. The summed E-state index contributed by atoms with van der Waals surface area (Å²) in [6.45, 7) is 9.17. The minimum absolute atomic E-state index is 0.323. The molecular formula is C12H24N2OS. The summed E-state index contributed by atoms with van der Waals surface area (Å²) < 4.78 is 0. The van der Waals surface area contributed by atoms with Gasteiger partial charge in [-0.1, -0.05) is 13.8 Å². The lowest BCUT2D eigenvalue weighted by Crippen LogP contribution is -2.49. The number of nitrogens with zero attached hydrogens (tertiary/aromatic N) is 2. The highest BCUT2D eigenvalue weighted by atomic mass is 32.1. The fraction of sp³-hybridized carbons (Fsp3) is 0.917. The van der Waals surface area contributed by atoms with E-state index in [1.807, 2.05) is 4.90 Å². The van der Waals surface area contributed by atoms with E-state index >= 15 is 0 Å². The lowest BCUT2D eigenvalue weighted by atomic mass is 10.1. The molecule has 0 bridgehead atoms. The minimum Gasteiger partial charge on any atom is -0.340 e. The zero-order chi connectivity index (χ0) is 12.0. The van der Waals surface area contributed by atoms with Gasteiger partial charge in [-0.2, -0.15) is 12.6 Å². The molecule has 0 aromatic rings. The van der Waals surface area contributed by atoms with Crippen molar-refractivity contribution in [2.24, 2.45) is 5.92 Å². The SMILES string of the molecule is CC(C)CC(=O)N1CCN(CCCS)CC1. The summed E-state index contributed by atoms with van der Waals surface area (Å²) in [5.41, 5.74) is 0.